The largest absolute Gasteiger partial charge is 0.478 e. The first-order valence-corrected chi connectivity index (χ1v) is 6.54. The molecule has 0 aliphatic carbocycles. The molecule has 0 saturated heterocycles. The molecule has 1 N–H and O–H groups in total. The molecule has 0 spiro atoms. The van der Waals surface area contributed by atoms with Gasteiger partial charge in [-0.15, -0.1) is 0 Å². The van der Waals surface area contributed by atoms with Gasteiger partial charge in [-0.1, -0.05) is 22.0 Å². The van der Waals surface area contributed by atoms with E-state index in [1.54, 1.807) is 0 Å². The molecule has 1 rings (SSSR count). The molecular weight excluding hydrogens is 308 g/mol. The van der Waals surface area contributed by atoms with E-state index in [2.05, 4.69) is 22.0 Å². The van der Waals surface area contributed by atoms with Gasteiger partial charge in [0.05, 0.1) is 12.0 Å². The molecule has 0 amide bonds. The van der Waals surface area contributed by atoms with Crippen LogP contribution in [0, 0.1) is 17.2 Å². The summed E-state index contributed by atoms with van der Waals surface area (Å²) in [4.78, 5) is 12.5. The summed E-state index contributed by atoms with van der Waals surface area (Å²) in [6.45, 7) is 2.52. The van der Waals surface area contributed by atoms with E-state index < -0.39 is 5.97 Å². The third-order valence-corrected chi connectivity index (χ3v) is 3.29. The highest BCUT2D eigenvalue weighted by Crippen LogP contribution is 2.25. The first-order valence-electron chi connectivity index (χ1n) is 5.75. The zero-order chi connectivity index (χ0) is 14.4. The van der Waals surface area contributed by atoms with Crippen molar-refractivity contribution in [2.45, 2.75) is 6.92 Å². The average molecular weight is 323 g/mol. The second-order valence-electron chi connectivity index (χ2n) is 4.29. The van der Waals surface area contributed by atoms with Crippen LogP contribution in [0.5, 0.6) is 0 Å². The molecule has 4 nitrogen and oxygen atoms in total. The number of benzene rings is 1. The van der Waals surface area contributed by atoms with Gasteiger partial charge in [-0.05, 0) is 30.7 Å². The van der Waals surface area contributed by atoms with Crippen LogP contribution in [-0.2, 0) is 4.79 Å². The molecule has 0 saturated carbocycles. The van der Waals surface area contributed by atoms with Crippen molar-refractivity contribution in [2.24, 2.45) is 5.92 Å². The first kappa shape index (κ1) is 15.3. The number of nitrogens with zero attached hydrogens (tertiary/aromatic N) is 2. The highest BCUT2D eigenvalue weighted by atomic mass is 79.9. The second-order valence-corrected chi connectivity index (χ2v) is 5.14. The van der Waals surface area contributed by atoms with Gasteiger partial charge in [0.25, 0.3) is 0 Å². The SMILES string of the molecule is CC(C#N)CN(C)c1ccc(/C=C/C(=O)O)c(Br)c1. The van der Waals surface area contributed by atoms with E-state index >= 15 is 0 Å². The topological polar surface area (TPSA) is 64.3 Å². The van der Waals surface area contributed by atoms with Gasteiger partial charge in [0, 0.05) is 29.8 Å². The molecule has 0 heterocycles. The third kappa shape index (κ3) is 4.76. The Bertz CT molecular complexity index is 535. The molecule has 1 aromatic carbocycles. The smallest absolute Gasteiger partial charge is 0.328 e. The summed E-state index contributed by atoms with van der Waals surface area (Å²) in [7, 11) is 1.92. The summed E-state index contributed by atoms with van der Waals surface area (Å²) in [5.41, 5.74) is 1.77. The van der Waals surface area contributed by atoms with E-state index in [1.807, 2.05) is 37.1 Å². The molecule has 0 aliphatic heterocycles. The highest BCUT2D eigenvalue weighted by Gasteiger charge is 2.07. The Balaban J connectivity index is 2.88. The zero-order valence-electron chi connectivity index (χ0n) is 10.8. The molecule has 0 bridgehead atoms. The molecule has 0 fully saturated rings. The fourth-order valence-corrected chi connectivity index (χ4v) is 2.11. The zero-order valence-corrected chi connectivity index (χ0v) is 12.4. The maximum absolute atomic E-state index is 10.5. The summed E-state index contributed by atoms with van der Waals surface area (Å²) in [5, 5.41) is 17.4. The minimum absolute atomic E-state index is 0.0460. The van der Waals surface area contributed by atoms with Crippen molar-refractivity contribution in [1.82, 2.24) is 0 Å². The maximum Gasteiger partial charge on any atom is 0.328 e. The van der Waals surface area contributed by atoms with Crippen molar-refractivity contribution >= 4 is 33.7 Å². The van der Waals surface area contributed by atoms with Crippen LogP contribution in [0.15, 0.2) is 28.7 Å². The molecular formula is C14H15BrN2O2. The van der Waals surface area contributed by atoms with Gasteiger partial charge in [-0.3, -0.25) is 0 Å². The lowest BCUT2D eigenvalue weighted by Gasteiger charge is -2.21. The number of halogens is 1. The molecule has 0 radical (unpaired) electrons. The van der Waals surface area contributed by atoms with E-state index in [1.165, 1.54) is 6.08 Å². The number of carbonyl (C=O) groups is 1. The van der Waals surface area contributed by atoms with Crippen LogP contribution in [0.2, 0.25) is 0 Å². The summed E-state index contributed by atoms with van der Waals surface area (Å²) in [6.07, 6.45) is 2.63. The number of hydrogen-bond acceptors (Lipinski definition) is 3. The van der Waals surface area contributed by atoms with Gasteiger partial charge in [0.2, 0.25) is 0 Å². The number of rotatable bonds is 5. The molecule has 5 heteroatoms. The fraction of sp³-hybridized carbons (Fsp3) is 0.286. The van der Waals surface area contributed by atoms with Gasteiger partial charge >= 0.3 is 5.97 Å². The summed E-state index contributed by atoms with van der Waals surface area (Å²) in [6, 6.07) is 7.84. The number of aliphatic carboxylic acids is 1. The second kappa shape index (κ2) is 6.95. The number of nitriles is 1. The Labute approximate surface area is 121 Å². The molecule has 100 valence electrons. The van der Waals surface area contributed by atoms with Gasteiger partial charge in [0.15, 0.2) is 0 Å². The van der Waals surface area contributed by atoms with Gasteiger partial charge in [0.1, 0.15) is 0 Å². The summed E-state index contributed by atoms with van der Waals surface area (Å²) >= 11 is 3.41. The maximum atomic E-state index is 10.5. The monoisotopic (exact) mass is 322 g/mol. The van der Waals surface area contributed by atoms with E-state index in [9.17, 15) is 4.79 Å². The normalized spacial score (nSPS) is 12.1. The predicted molar refractivity (Wildman–Crippen MR) is 78.9 cm³/mol. The van der Waals surface area contributed by atoms with Gasteiger partial charge in [-0.25, -0.2) is 4.79 Å². The Kier molecular flexibility index (Phi) is 5.58. The molecule has 1 atom stereocenters. The quantitative estimate of drug-likeness (QED) is 0.846. The standard InChI is InChI=1S/C14H15BrN2O2/c1-10(8-16)9-17(2)12-5-3-11(13(15)7-12)4-6-14(18)19/h3-7,10H,9H2,1-2H3,(H,18,19)/b6-4+. The van der Waals surface area contributed by atoms with Crippen LogP contribution in [0.3, 0.4) is 0 Å². The lowest BCUT2D eigenvalue weighted by molar-refractivity contribution is -0.131. The van der Waals surface area contributed by atoms with Crippen LogP contribution in [0.1, 0.15) is 12.5 Å². The first-order chi connectivity index (χ1) is 8.93. The Hall–Kier alpha value is -1.80. The predicted octanol–water partition coefficient (Wildman–Crippen LogP) is 3.14. The molecule has 1 aromatic rings. The van der Waals surface area contributed by atoms with Crippen LogP contribution < -0.4 is 4.90 Å². The number of hydrogen-bond donors (Lipinski definition) is 1. The van der Waals surface area contributed by atoms with Gasteiger partial charge < -0.3 is 10.0 Å². The fourth-order valence-electron chi connectivity index (χ4n) is 1.61. The third-order valence-electron chi connectivity index (χ3n) is 2.60. The van der Waals surface area contributed by atoms with Crippen molar-refractivity contribution in [2.75, 3.05) is 18.5 Å². The minimum Gasteiger partial charge on any atom is -0.478 e. The highest BCUT2D eigenvalue weighted by molar-refractivity contribution is 9.10. The Morgan fingerprint density at radius 2 is 2.32 bits per heavy atom. The van der Waals surface area contributed by atoms with Crippen LogP contribution in [0.25, 0.3) is 6.08 Å². The van der Waals surface area contributed by atoms with E-state index in [4.69, 9.17) is 10.4 Å². The van der Waals surface area contributed by atoms with Crippen molar-refractivity contribution in [1.29, 1.82) is 5.26 Å². The number of carboxylic acids is 1. The van der Waals surface area contributed by atoms with E-state index in [-0.39, 0.29) is 5.92 Å². The average Bonchev–Trinajstić information content (AvgIpc) is 2.36. The van der Waals surface area contributed by atoms with Gasteiger partial charge in [-0.2, -0.15) is 5.26 Å². The molecule has 0 aromatic heterocycles. The summed E-state index contributed by atoms with van der Waals surface area (Å²) < 4.78 is 0.818. The Morgan fingerprint density at radius 3 is 2.84 bits per heavy atom. The van der Waals surface area contributed by atoms with Crippen molar-refractivity contribution in [3.63, 3.8) is 0 Å². The van der Waals surface area contributed by atoms with Crippen molar-refractivity contribution in [3.05, 3.63) is 34.3 Å². The molecule has 0 aliphatic rings. The van der Waals surface area contributed by atoms with Crippen LogP contribution in [0.4, 0.5) is 5.69 Å². The lowest BCUT2D eigenvalue weighted by atomic mass is 10.1. The van der Waals surface area contributed by atoms with Crippen LogP contribution in [-0.4, -0.2) is 24.7 Å². The summed E-state index contributed by atoms with van der Waals surface area (Å²) in [5.74, 6) is -1.02. The van der Waals surface area contributed by atoms with Crippen molar-refractivity contribution in [3.8, 4) is 6.07 Å². The van der Waals surface area contributed by atoms with E-state index in [0.29, 0.717) is 6.54 Å². The van der Waals surface area contributed by atoms with Crippen LogP contribution >= 0.6 is 15.9 Å². The van der Waals surface area contributed by atoms with E-state index in [0.717, 1.165) is 21.8 Å². The number of carboxylic acid groups (broad SMARTS) is 1. The lowest BCUT2D eigenvalue weighted by Crippen LogP contribution is -2.23. The minimum atomic E-state index is -0.976. The molecule has 19 heavy (non-hydrogen) atoms. The Morgan fingerprint density at radius 1 is 1.63 bits per heavy atom. The number of anilines is 1. The molecule has 1 unspecified atom stereocenters. The van der Waals surface area contributed by atoms with Crippen molar-refractivity contribution < 1.29 is 9.90 Å².